The molecule has 0 amide bonds. The Morgan fingerprint density at radius 3 is 1.05 bits per heavy atom. The van der Waals surface area contributed by atoms with Crippen LogP contribution in [0, 0.1) is 0 Å². The zero-order valence-corrected chi connectivity index (χ0v) is 12.0. The van der Waals surface area contributed by atoms with Gasteiger partial charge in [0, 0.05) is 6.42 Å². The summed E-state index contributed by atoms with van der Waals surface area (Å²) in [6, 6.07) is 24.0. The van der Waals surface area contributed by atoms with Crippen LogP contribution in [-0.2, 0) is 4.79 Å². The van der Waals surface area contributed by atoms with E-state index in [1.165, 1.54) is 0 Å². The maximum atomic E-state index is 10.2. The summed E-state index contributed by atoms with van der Waals surface area (Å²) in [6.07, 6.45) is 2.94. The van der Waals surface area contributed by atoms with Crippen LogP contribution in [-0.4, -0.2) is 5.78 Å². The van der Waals surface area contributed by atoms with Crippen molar-refractivity contribution >= 4 is 5.78 Å². The van der Waals surface area contributed by atoms with Crippen LogP contribution < -0.4 is 0 Å². The first kappa shape index (κ1) is 17.1. The third kappa shape index (κ3) is 16.1. The molecule has 1 nitrogen and oxygen atoms in total. The predicted molar refractivity (Wildman–Crippen MR) is 83.1 cm³/mol. The van der Waals surface area contributed by atoms with Gasteiger partial charge in [0.25, 0.3) is 0 Å². The molecule has 0 atom stereocenters. The highest BCUT2D eigenvalue weighted by atomic mass is 16.1. The van der Waals surface area contributed by atoms with Gasteiger partial charge in [-0.1, -0.05) is 86.1 Å². The van der Waals surface area contributed by atoms with E-state index in [-0.39, 0.29) is 0 Å². The van der Waals surface area contributed by atoms with Crippen LogP contribution in [0.1, 0.15) is 33.1 Å². The first-order chi connectivity index (χ1) is 9.27. The van der Waals surface area contributed by atoms with Gasteiger partial charge in [-0.15, -0.1) is 0 Å². The van der Waals surface area contributed by atoms with E-state index in [0.29, 0.717) is 5.78 Å². The second-order valence-corrected chi connectivity index (χ2v) is 4.11. The topological polar surface area (TPSA) is 17.1 Å². The summed E-state index contributed by atoms with van der Waals surface area (Å²) in [5, 5.41) is 0. The Hall–Kier alpha value is -1.89. The van der Waals surface area contributed by atoms with Crippen LogP contribution in [0.25, 0.3) is 0 Å². The fraction of sp³-hybridized carbons (Fsp3) is 0.278. The lowest BCUT2D eigenvalue weighted by Gasteiger charge is -1.86. The van der Waals surface area contributed by atoms with Crippen molar-refractivity contribution in [2.24, 2.45) is 0 Å². The van der Waals surface area contributed by atoms with Crippen LogP contribution in [0.3, 0.4) is 0 Å². The highest BCUT2D eigenvalue weighted by molar-refractivity contribution is 5.75. The maximum absolute atomic E-state index is 10.2. The SMILES string of the molecule is CCCCC(C)=O.c1ccccc1.c1ccccc1. The second kappa shape index (κ2) is 14.2. The molecule has 0 saturated carbocycles. The monoisotopic (exact) mass is 256 g/mol. The zero-order chi connectivity index (χ0) is 14.2. The summed E-state index contributed by atoms with van der Waals surface area (Å²) in [5.41, 5.74) is 0. The molecule has 0 bridgehead atoms. The molecule has 0 radical (unpaired) electrons. The van der Waals surface area contributed by atoms with Gasteiger partial charge < -0.3 is 4.79 Å². The second-order valence-electron chi connectivity index (χ2n) is 4.11. The molecular formula is C18H24O. The molecule has 0 spiro atoms. The van der Waals surface area contributed by atoms with Gasteiger partial charge in [0.15, 0.2) is 0 Å². The number of carbonyl (C=O) groups excluding carboxylic acids is 1. The normalized spacial score (nSPS) is 8.32. The molecule has 102 valence electrons. The fourth-order valence-electron chi connectivity index (χ4n) is 1.20. The minimum atomic E-state index is 0.307. The van der Waals surface area contributed by atoms with Crippen molar-refractivity contribution in [1.29, 1.82) is 0 Å². The molecule has 0 heterocycles. The van der Waals surface area contributed by atoms with Gasteiger partial charge >= 0.3 is 0 Å². The largest absolute Gasteiger partial charge is 0.300 e. The van der Waals surface area contributed by atoms with E-state index in [9.17, 15) is 4.79 Å². The summed E-state index contributed by atoms with van der Waals surface area (Å²) in [6.45, 7) is 3.72. The lowest BCUT2D eigenvalue weighted by molar-refractivity contribution is -0.117. The molecular weight excluding hydrogens is 232 g/mol. The molecule has 0 saturated heterocycles. The van der Waals surface area contributed by atoms with Gasteiger partial charge in [0.1, 0.15) is 5.78 Å². The van der Waals surface area contributed by atoms with E-state index in [1.54, 1.807) is 6.92 Å². The average molecular weight is 256 g/mol. The Morgan fingerprint density at radius 1 is 0.684 bits per heavy atom. The van der Waals surface area contributed by atoms with Gasteiger partial charge in [0.2, 0.25) is 0 Å². The zero-order valence-electron chi connectivity index (χ0n) is 12.0. The van der Waals surface area contributed by atoms with Crippen molar-refractivity contribution in [3.8, 4) is 0 Å². The number of benzene rings is 2. The smallest absolute Gasteiger partial charge is 0.129 e. The minimum absolute atomic E-state index is 0.307. The predicted octanol–water partition coefficient (Wildman–Crippen LogP) is 5.14. The molecule has 0 aliphatic rings. The molecule has 19 heavy (non-hydrogen) atoms. The van der Waals surface area contributed by atoms with E-state index in [4.69, 9.17) is 0 Å². The quantitative estimate of drug-likeness (QED) is 0.743. The molecule has 0 aliphatic carbocycles. The Balaban J connectivity index is 0.000000256. The van der Waals surface area contributed by atoms with Crippen LogP contribution in [0.2, 0.25) is 0 Å². The molecule has 2 aromatic rings. The van der Waals surface area contributed by atoms with Crippen molar-refractivity contribution in [3.63, 3.8) is 0 Å². The number of unbranched alkanes of at least 4 members (excludes halogenated alkanes) is 1. The lowest BCUT2D eigenvalue weighted by atomic mass is 10.2. The number of hydrogen-bond donors (Lipinski definition) is 0. The summed E-state index contributed by atoms with van der Waals surface area (Å²) < 4.78 is 0. The summed E-state index contributed by atoms with van der Waals surface area (Å²) in [5.74, 6) is 0.307. The lowest BCUT2D eigenvalue weighted by Crippen LogP contribution is -1.86. The third-order valence-electron chi connectivity index (χ3n) is 2.22. The van der Waals surface area contributed by atoms with E-state index in [0.717, 1.165) is 19.3 Å². The Bertz CT molecular complexity index is 296. The third-order valence-corrected chi connectivity index (χ3v) is 2.22. The van der Waals surface area contributed by atoms with Gasteiger partial charge in [-0.05, 0) is 13.3 Å². The van der Waals surface area contributed by atoms with Crippen molar-refractivity contribution in [2.45, 2.75) is 33.1 Å². The fourth-order valence-corrected chi connectivity index (χ4v) is 1.20. The van der Waals surface area contributed by atoms with Crippen molar-refractivity contribution < 1.29 is 4.79 Å². The van der Waals surface area contributed by atoms with E-state index in [1.807, 2.05) is 72.8 Å². The van der Waals surface area contributed by atoms with E-state index >= 15 is 0 Å². The number of rotatable bonds is 3. The summed E-state index contributed by atoms with van der Waals surface area (Å²) in [4.78, 5) is 10.2. The Kier molecular flexibility index (Phi) is 12.8. The first-order valence-electron chi connectivity index (χ1n) is 6.76. The van der Waals surface area contributed by atoms with E-state index in [2.05, 4.69) is 6.92 Å². The van der Waals surface area contributed by atoms with Crippen LogP contribution in [0.15, 0.2) is 72.8 Å². The van der Waals surface area contributed by atoms with Gasteiger partial charge in [-0.3, -0.25) is 0 Å². The Morgan fingerprint density at radius 2 is 0.947 bits per heavy atom. The van der Waals surface area contributed by atoms with Crippen LogP contribution >= 0.6 is 0 Å². The van der Waals surface area contributed by atoms with Crippen LogP contribution in [0.5, 0.6) is 0 Å². The van der Waals surface area contributed by atoms with Crippen molar-refractivity contribution in [3.05, 3.63) is 72.8 Å². The number of carbonyl (C=O) groups is 1. The average Bonchev–Trinajstić information content (AvgIpc) is 2.50. The number of hydrogen-bond acceptors (Lipinski definition) is 1. The summed E-state index contributed by atoms with van der Waals surface area (Å²) in [7, 11) is 0. The van der Waals surface area contributed by atoms with E-state index < -0.39 is 0 Å². The molecule has 0 aromatic heterocycles. The molecule has 2 aromatic carbocycles. The standard InChI is InChI=1S/C6H12O.2C6H6/c1-3-4-5-6(2)7;2*1-2-4-6-5-3-1/h3-5H2,1-2H3;2*1-6H. The molecule has 2 rings (SSSR count). The minimum Gasteiger partial charge on any atom is -0.300 e. The van der Waals surface area contributed by atoms with Crippen LogP contribution in [0.4, 0.5) is 0 Å². The molecule has 1 heteroatoms. The van der Waals surface area contributed by atoms with Crippen molar-refractivity contribution in [2.75, 3.05) is 0 Å². The summed E-state index contributed by atoms with van der Waals surface area (Å²) >= 11 is 0. The molecule has 0 N–H and O–H groups in total. The highest BCUT2D eigenvalue weighted by Gasteiger charge is 1.87. The van der Waals surface area contributed by atoms with Gasteiger partial charge in [-0.2, -0.15) is 0 Å². The van der Waals surface area contributed by atoms with Gasteiger partial charge in [0.05, 0.1) is 0 Å². The Labute approximate surface area is 117 Å². The maximum Gasteiger partial charge on any atom is 0.129 e. The van der Waals surface area contributed by atoms with Gasteiger partial charge in [-0.25, -0.2) is 0 Å². The highest BCUT2D eigenvalue weighted by Crippen LogP contribution is 1.92. The number of Topliss-reactive ketones (excluding diaryl/α,β-unsaturated/α-hetero) is 1. The number of ketones is 1. The molecule has 0 fully saturated rings. The first-order valence-corrected chi connectivity index (χ1v) is 6.76. The van der Waals surface area contributed by atoms with Crippen molar-refractivity contribution in [1.82, 2.24) is 0 Å². The molecule has 0 aliphatic heterocycles. The molecule has 0 unspecified atom stereocenters.